The average Bonchev–Trinajstić information content (AvgIpc) is 2.69. The summed E-state index contributed by atoms with van der Waals surface area (Å²) in [6.45, 7) is 0. The lowest BCUT2D eigenvalue weighted by molar-refractivity contribution is -0.148. The van der Waals surface area contributed by atoms with Crippen LogP contribution in [0.5, 0.6) is 0 Å². The highest BCUT2D eigenvalue weighted by molar-refractivity contribution is 5.77. The summed E-state index contributed by atoms with van der Waals surface area (Å²) in [5, 5.41) is 9.48. The van der Waals surface area contributed by atoms with Crippen LogP contribution in [0.2, 0.25) is 0 Å². The predicted octanol–water partition coefficient (Wildman–Crippen LogP) is 2.66. The van der Waals surface area contributed by atoms with E-state index in [-0.39, 0.29) is 0 Å². The van der Waals surface area contributed by atoms with Crippen LogP contribution in [0, 0.1) is 17.8 Å². The van der Waals surface area contributed by atoms with E-state index in [4.69, 9.17) is 6.42 Å². The molecule has 0 radical (unpaired) electrons. The SMILES string of the molecule is C#CCCCC1(C(=O)O)Cc2ccccc2C1. The summed E-state index contributed by atoms with van der Waals surface area (Å²) in [5.41, 5.74) is 1.73. The minimum absolute atomic E-state index is 0.624. The molecule has 88 valence electrons. The number of carbonyl (C=O) groups is 1. The van der Waals surface area contributed by atoms with Crippen LogP contribution in [0.15, 0.2) is 24.3 Å². The number of carboxylic acid groups (broad SMARTS) is 1. The summed E-state index contributed by atoms with van der Waals surface area (Å²) in [5.74, 6) is 1.89. The molecule has 0 fully saturated rings. The fourth-order valence-electron chi connectivity index (χ4n) is 2.66. The van der Waals surface area contributed by atoms with Crippen molar-refractivity contribution < 1.29 is 9.90 Å². The van der Waals surface area contributed by atoms with Gasteiger partial charge in [-0.25, -0.2) is 0 Å². The van der Waals surface area contributed by atoms with Crippen LogP contribution < -0.4 is 0 Å². The van der Waals surface area contributed by atoms with E-state index in [9.17, 15) is 9.90 Å². The van der Waals surface area contributed by atoms with Crippen LogP contribution in [-0.2, 0) is 17.6 Å². The highest BCUT2D eigenvalue weighted by atomic mass is 16.4. The number of carboxylic acids is 1. The number of hydrogen-bond donors (Lipinski definition) is 1. The Labute approximate surface area is 102 Å². The molecule has 0 heterocycles. The molecule has 2 rings (SSSR count). The minimum atomic E-state index is -0.689. The van der Waals surface area contributed by atoms with E-state index in [1.165, 1.54) is 11.1 Å². The number of unbranched alkanes of at least 4 members (excludes halogenated alkanes) is 1. The second-order valence-electron chi connectivity index (χ2n) is 4.77. The van der Waals surface area contributed by atoms with Crippen LogP contribution >= 0.6 is 0 Å². The van der Waals surface area contributed by atoms with Crippen LogP contribution in [0.3, 0.4) is 0 Å². The van der Waals surface area contributed by atoms with Crippen LogP contribution in [0.1, 0.15) is 30.4 Å². The quantitative estimate of drug-likeness (QED) is 0.635. The Morgan fingerprint density at radius 1 is 1.35 bits per heavy atom. The van der Waals surface area contributed by atoms with Gasteiger partial charge in [-0.3, -0.25) is 4.79 Å². The van der Waals surface area contributed by atoms with E-state index in [1.54, 1.807) is 0 Å². The van der Waals surface area contributed by atoms with Crippen molar-refractivity contribution in [1.29, 1.82) is 0 Å². The van der Waals surface area contributed by atoms with Gasteiger partial charge in [0.25, 0.3) is 0 Å². The Hall–Kier alpha value is -1.75. The Morgan fingerprint density at radius 3 is 2.41 bits per heavy atom. The topological polar surface area (TPSA) is 37.3 Å². The van der Waals surface area contributed by atoms with Gasteiger partial charge in [0.2, 0.25) is 0 Å². The third-order valence-corrected chi connectivity index (χ3v) is 3.61. The first-order valence-corrected chi connectivity index (χ1v) is 5.92. The smallest absolute Gasteiger partial charge is 0.310 e. The normalized spacial score (nSPS) is 16.2. The molecule has 2 nitrogen and oxygen atoms in total. The molecule has 0 spiro atoms. The van der Waals surface area contributed by atoms with Crippen molar-refractivity contribution in [3.8, 4) is 12.3 Å². The molecule has 2 heteroatoms. The van der Waals surface area contributed by atoms with E-state index < -0.39 is 11.4 Å². The predicted molar refractivity (Wildman–Crippen MR) is 66.6 cm³/mol. The zero-order chi connectivity index (χ0) is 12.3. The maximum Gasteiger partial charge on any atom is 0.310 e. The molecule has 1 aromatic carbocycles. The summed E-state index contributed by atoms with van der Waals surface area (Å²) in [6, 6.07) is 8.00. The van der Waals surface area contributed by atoms with E-state index in [2.05, 4.69) is 5.92 Å². The monoisotopic (exact) mass is 228 g/mol. The highest BCUT2D eigenvalue weighted by Crippen LogP contribution is 2.41. The molecule has 17 heavy (non-hydrogen) atoms. The van der Waals surface area contributed by atoms with Crippen molar-refractivity contribution in [2.75, 3.05) is 0 Å². The van der Waals surface area contributed by atoms with Crippen LogP contribution in [0.4, 0.5) is 0 Å². The van der Waals surface area contributed by atoms with Crippen molar-refractivity contribution in [3.63, 3.8) is 0 Å². The molecule has 0 saturated heterocycles. The number of terminal acetylenes is 1. The molecule has 0 amide bonds. The molecule has 1 aromatic rings. The molecule has 0 saturated carbocycles. The summed E-state index contributed by atoms with van der Waals surface area (Å²) in [4.78, 5) is 11.5. The zero-order valence-electron chi connectivity index (χ0n) is 9.78. The zero-order valence-corrected chi connectivity index (χ0v) is 9.78. The standard InChI is InChI=1S/C15H16O2/c1-2-3-6-9-15(14(16)17)10-12-7-4-5-8-13(12)11-15/h1,4-5,7-8H,3,6,9-11H2,(H,16,17). The van der Waals surface area contributed by atoms with Gasteiger partial charge < -0.3 is 5.11 Å². The van der Waals surface area contributed by atoms with Gasteiger partial charge in [-0.2, -0.15) is 0 Å². The summed E-state index contributed by atoms with van der Waals surface area (Å²) in [7, 11) is 0. The Balaban J connectivity index is 2.18. The number of fused-ring (bicyclic) bond motifs is 1. The summed E-state index contributed by atoms with van der Waals surface area (Å²) in [6.07, 6.45) is 8.62. The Morgan fingerprint density at radius 2 is 1.94 bits per heavy atom. The largest absolute Gasteiger partial charge is 0.481 e. The third kappa shape index (κ3) is 2.19. The molecular formula is C15H16O2. The molecule has 1 aliphatic carbocycles. The number of aliphatic carboxylic acids is 1. The van der Waals surface area contributed by atoms with Crippen LogP contribution in [0.25, 0.3) is 0 Å². The molecule has 0 atom stereocenters. The van der Waals surface area contributed by atoms with Crippen molar-refractivity contribution in [2.24, 2.45) is 5.41 Å². The summed E-state index contributed by atoms with van der Waals surface area (Å²) < 4.78 is 0. The first kappa shape index (κ1) is 11.7. The van der Waals surface area contributed by atoms with E-state index in [0.29, 0.717) is 25.7 Å². The molecule has 0 unspecified atom stereocenters. The Bertz CT molecular complexity index is 443. The van der Waals surface area contributed by atoms with Gasteiger partial charge in [-0.15, -0.1) is 12.3 Å². The van der Waals surface area contributed by atoms with Crippen molar-refractivity contribution >= 4 is 5.97 Å². The van der Waals surface area contributed by atoms with Gasteiger partial charge in [0.05, 0.1) is 5.41 Å². The Kier molecular flexibility index (Phi) is 3.19. The first-order valence-electron chi connectivity index (χ1n) is 5.92. The van der Waals surface area contributed by atoms with Gasteiger partial charge in [-0.05, 0) is 36.8 Å². The van der Waals surface area contributed by atoms with Gasteiger partial charge >= 0.3 is 5.97 Å². The molecular weight excluding hydrogens is 212 g/mol. The number of hydrogen-bond acceptors (Lipinski definition) is 1. The third-order valence-electron chi connectivity index (χ3n) is 3.61. The fourth-order valence-corrected chi connectivity index (χ4v) is 2.66. The minimum Gasteiger partial charge on any atom is -0.481 e. The molecule has 0 aromatic heterocycles. The lowest BCUT2D eigenvalue weighted by Gasteiger charge is -2.23. The number of benzene rings is 1. The van der Waals surface area contributed by atoms with Crippen molar-refractivity contribution in [3.05, 3.63) is 35.4 Å². The molecule has 1 N–H and O–H groups in total. The second kappa shape index (κ2) is 4.63. The van der Waals surface area contributed by atoms with Crippen molar-refractivity contribution in [2.45, 2.75) is 32.1 Å². The lowest BCUT2D eigenvalue weighted by Crippen LogP contribution is -2.31. The second-order valence-corrected chi connectivity index (χ2v) is 4.77. The van der Waals surface area contributed by atoms with Gasteiger partial charge in [0.1, 0.15) is 0 Å². The van der Waals surface area contributed by atoms with Gasteiger partial charge in [0.15, 0.2) is 0 Å². The molecule has 1 aliphatic rings. The summed E-state index contributed by atoms with van der Waals surface area (Å²) >= 11 is 0. The average molecular weight is 228 g/mol. The van der Waals surface area contributed by atoms with Crippen LogP contribution in [-0.4, -0.2) is 11.1 Å². The number of rotatable bonds is 4. The van der Waals surface area contributed by atoms with Gasteiger partial charge in [0, 0.05) is 6.42 Å². The van der Waals surface area contributed by atoms with E-state index in [1.807, 2.05) is 24.3 Å². The maximum absolute atomic E-state index is 11.5. The first-order chi connectivity index (χ1) is 8.18. The maximum atomic E-state index is 11.5. The van der Waals surface area contributed by atoms with Crippen molar-refractivity contribution in [1.82, 2.24) is 0 Å². The lowest BCUT2D eigenvalue weighted by atomic mass is 9.80. The fraction of sp³-hybridized carbons (Fsp3) is 0.400. The highest BCUT2D eigenvalue weighted by Gasteiger charge is 2.43. The molecule has 0 aliphatic heterocycles. The van der Waals surface area contributed by atoms with E-state index in [0.717, 1.165) is 6.42 Å². The van der Waals surface area contributed by atoms with E-state index >= 15 is 0 Å². The molecule has 0 bridgehead atoms. The van der Waals surface area contributed by atoms with Gasteiger partial charge in [-0.1, -0.05) is 24.3 Å².